The monoisotopic (exact) mass is 186 g/mol. The lowest BCUT2D eigenvalue weighted by Crippen LogP contribution is -2.09. The van der Waals surface area contributed by atoms with Gasteiger partial charge in [-0.15, -0.1) is 0 Å². The van der Waals surface area contributed by atoms with E-state index in [1.807, 2.05) is 18.3 Å². The average molecular weight is 186 g/mol. The van der Waals surface area contributed by atoms with E-state index >= 15 is 0 Å². The first-order chi connectivity index (χ1) is 6.75. The highest BCUT2D eigenvalue weighted by molar-refractivity contribution is 5.82. The van der Waals surface area contributed by atoms with Gasteiger partial charge in [-0.2, -0.15) is 0 Å². The molecule has 72 valence electrons. The van der Waals surface area contributed by atoms with Crippen LogP contribution in [0.3, 0.4) is 0 Å². The van der Waals surface area contributed by atoms with Gasteiger partial charge in [0, 0.05) is 23.3 Å². The summed E-state index contributed by atoms with van der Waals surface area (Å²) >= 11 is 0. The van der Waals surface area contributed by atoms with Crippen molar-refractivity contribution in [2.45, 2.75) is 19.9 Å². The summed E-state index contributed by atoms with van der Waals surface area (Å²) in [5.41, 5.74) is 2.20. The van der Waals surface area contributed by atoms with Crippen molar-refractivity contribution in [3.63, 3.8) is 0 Å². The van der Waals surface area contributed by atoms with Gasteiger partial charge < -0.3 is 5.32 Å². The molecule has 0 atom stereocenters. The number of benzene rings is 1. The van der Waals surface area contributed by atoms with E-state index in [1.165, 1.54) is 5.39 Å². The summed E-state index contributed by atoms with van der Waals surface area (Å²) in [5, 5.41) is 4.55. The highest BCUT2D eigenvalue weighted by Crippen LogP contribution is 2.17. The maximum atomic E-state index is 4.27. The average Bonchev–Trinajstić information content (AvgIpc) is 2.17. The van der Waals surface area contributed by atoms with E-state index in [4.69, 9.17) is 0 Å². The molecule has 0 spiro atoms. The van der Waals surface area contributed by atoms with Crippen LogP contribution in [0, 0.1) is 0 Å². The fourth-order valence-corrected chi connectivity index (χ4v) is 1.50. The minimum atomic E-state index is 0.462. The predicted octanol–water partition coefficient (Wildman–Crippen LogP) is 3.06. The number of pyridine rings is 1. The van der Waals surface area contributed by atoms with E-state index in [2.05, 4.69) is 42.3 Å². The van der Waals surface area contributed by atoms with Crippen molar-refractivity contribution in [3.8, 4) is 0 Å². The molecule has 0 aliphatic rings. The van der Waals surface area contributed by atoms with E-state index in [0.717, 1.165) is 11.2 Å². The molecular weight excluding hydrogens is 172 g/mol. The molecule has 1 aromatic carbocycles. The first-order valence-electron chi connectivity index (χ1n) is 4.87. The Bertz CT molecular complexity index is 435. The second-order valence-electron chi connectivity index (χ2n) is 3.71. The van der Waals surface area contributed by atoms with Gasteiger partial charge in [0.25, 0.3) is 0 Å². The quantitative estimate of drug-likeness (QED) is 0.779. The summed E-state index contributed by atoms with van der Waals surface area (Å²) in [7, 11) is 0. The number of rotatable bonds is 2. The van der Waals surface area contributed by atoms with Crippen molar-refractivity contribution >= 4 is 16.6 Å². The van der Waals surface area contributed by atoms with E-state index in [0.29, 0.717) is 6.04 Å². The van der Waals surface area contributed by atoms with Gasteiger partial charge in [0.1, 0.15) is 0 Å². The van der Waals surface area contributed by atoms with Crippen molar-refractivity contribution in [3.05, 3.63) is 36.5 Å². The molecule has 0 amide bonds. The summed E-state index contributed by atoms with van der Waals surface area (Å²) < 4.78 is 0. The summed E-state index contributed by atoms with van der Waals surface area (Å²) in [6, 6.07) is 10.7. The molecule has 0 fully saturated rings. The zero-order valence-electron chi connectivity index (χ0n) is 8.49. The SMILES string of the molecule is CC(C)Nc1ccc2ncccc2c1. The number of hydrogen-bond acceptors (Lipinski definition) is 2. The summed E-state index contributed by atoms with van der Waals surface area (Å²) in [6.45, 7) is 4.26. The normalized spacial score (nSPS) is 10.8. The first-order valence-corrected chi connectivity index (χ1v) is 4.87. The Kier molecular flexibility index (Phi) is 2.35. The number of fused-ring (bicyclic) bond motifs is 1. The third-order valence-electron chi connectivity index (χ3n) is 2.06. The van der Waals surface area contributed by atoms with E-state index in [1.54, 1.807) is 0 Å². The maximum absolute atomic E-state index is 4.27. The fraction of sp³-hybridized carbons (Fsp3) is 0.250. The molecule has 2 heteroatoms. The van der Waals surface area contributed by atoms with Crippen LogP contribution in [-0.2, 0) is 0 Å². The summed E-state index contributed by atoms with van der Waals surface area (Å²) in [5.74, 6) is 0. The maximum Gasteiger partial charge on any atom is 0.0703 e. The largest absolute Gasteiger partial charge is 0.383 e. The predicted molar refractivity (Wildman–Crippen MR) is 60.5 cm³/mol. The summed E-state index contributed by atoms with van der Waals surface area (Å²) in [6.07, 6.45) is 1.82. The lowest BCUT2D eigenvalue weighted by Gasteiger charge is -2.10. The van der Waals surface area contributed by atoms with Crippen molar-refractivity contribution in [1.82, 2.24) is 4.98 Å². The third-order valence-corrected chi connectivity index (χ3v) is 2.06. The number of anilines is 1. The molecule has 2 rings (SSSR count). The van der Waals surface area contributed by atoms with Crippen molar-refractivity contribution in [1.29, 1.82) is 0 Å². The van der Waals surface area contributed by atoms with Gasteiger partial charge in [-0.1, -0.05) is 6.07 Å². The first kappa shape index (κ1) is 9.00. The number of aromatic nitrogens is 1. The Morgan fingerprint density at radius 2 is 2.07 bits per heavy atom. The summed E-state index contributed by atoms with van der Waals surface area (Å²) in [4.78, 5) is 4.27. The van der Waals surface area contributed by atoms with Crippen LogP contribution in [0.5, 0.6) is 0 Å². The minimum Gasteiger partial charge on any atom is -0.383 e. The lowest BCUT2D eigenvalue weighted by molar-refractivity contribution is 0.900. The van der Waals surface area contributed by atoms with Gasteiger partial charge in [0.15, 0.2) is 0 Å². The number of hydrogen-bond donors (Lipinski definition) is 1. The molecule has 0 unspecified atom stereocenters. The fourth-order valence-electron chi connectivity index (χ4n) is 1.50. The van der Waals surface area contributed by atoms with Crippen LogP contribution in [0.15, 0.2) is 36.5 Å². The highest BCUT2D eigenvalue weighted by Gasteiger charge is 1.97. The van der Waals surface area contributed by atoms with Crippen LogP contribution in [0.25, 0.3) is 10.9 Å². The molecule has 0 saturated carbocycles. The second-order valence-corrected chi connectivity index (χ2v) is 3.71. The lowest BCUT2D eigenvalue weighted by atomic mass is 10.2. The molecule has 2 aromatic rings. The Balaban J connectivity index is 2.41. The van der Waals surface area contributed by atoms with Crippen LogP contribution in [-0.4, -0.2) is 11.0 Å². The van der Waals surface area contributed by atoms with Crippen LogP contribution in [0.1, 0.15) is 13.8 Å². The van der Waals surface area contributed by atoms with Crippen LogP contribution >= 0.6 is 0 Å². The number of nitrogens with one attached hydrogen (secondary N) is 1. The molecule has 1 heterocycles. The molecule has 0 saturated heterocycles. The minimum absolute atomic E-state index is 0.462. The molecule has 1 aromatic heterocycles. The van der Waals surface area contributed by atoms with Gasteiger partial charge in [0.2, 0.25) is 0 Å². The van der Waals surface area contributed by atoms with E-state index < -0.39 is 0 Å². The zero-order chi connectivity index (χ0) is 9.97. The zero-order valence-corrected chi connectivity index (χ0v) is 8.49. The van der Waals surface area contributed by atoms with E-state index in [9.17, 15) is 0 Å². The molecule has 14 heavy (non-hydrogen) atoms. The molecule has 2 nitrogen and oxygen atoms in total. The van der Waals surface area contributed by atoms with Crippen molar-refractivity contribution in [2.75, 3.05) is 5.32 Å². The van der Waals surface area contributed by atoms with Crippen molar-refractivity contribution in [2.24, 2.45) is 0 Å². The van der Waals surface area contributed by atoms with Crippen molar-refractivity contribution < 1.29 is 0 Å². The van der Waals surface area contributed by atoms with Gasteiger partial charge in [-0.05, 0) is 38.1 Å². The smallest absolute Gasteiger partial charge is 0.0703 e. The van der Waals surface area contributed by atoms with Gasteiger partial charge >= 0.3 is 0 Å². The Labute approximate surface area is 84.0 Å². The molecule has 1 N–H and O–H groups in total. The van der Waals surface area contributed by atoms with Gasteiger partial charge in [-0.3, -0.25) is 4.98 Å². The standard InChI is InChI=1S/C12H14N2/c1-9(2)14-11-5-6-12-10(8-11)4-3-7-13-12/h3-9,14H,1-2H3. The highest BCUT2D eigenvalue weighted by atomic mass is 14.9. The number of nitrogens with zero attached hydrogens (tertiary/aromatic N) is 1. The second kappa shape index (κ2) is 3.66. The third kappa shape index (κ3) is 1.84. The van der Waals surface area contributed by atoms with Crippen LogP contribution in [0.2, 0.25) is 0 Å². The van der Waals surface area contributed by atoms with Gasteiger partial charge in [0.05, 0.1) is 5.52 Å². The van der Waals surface area contributed by atoms with Gasteiger partial charge in [-0.25, -0.2) is 0 Å². The molecule has 0 radical (unpaired) electrons. The van der Waals surface area contributed by atoms with E-state index in [-0.39, 0.29) is 0 Å². The van der Waals surface area contributed by atoms with Crippen LogP contribution < -0.4 is 5.32 Å². The molecule has 0 aliphatic carbocycles. The van der Waals surface area contributed by atoms with Crippen LogP contribution in [0.4, 0.5) is 5.69 Å². The Morgan fingerprint density at radius 1 is 1.21 bits per heavy atom. The Morgan fingerprint density at radius 3 is 2.86 bits per heavy atom. The topological polar surface area (TPSA) is 24.9 Å². The molecule has 0 aliphatic heterocycles. The Hall–Kier alpha value is -1.57. The molecular formula is C12H14N2. The molecule has 0 bridgehead atoms.